The Morgan fingerprint density at radius 3 is 2.62 bits per heavy atom. The van der Waals surface area contributed by atoms with Crippen molar-refractivity contribution in [3.05, 3.63) is 69.3 Å². The van der Waals surface area contributed by atoms with E-state index in [-0.39, 0.29) is 5.02 Å². The first-order chi connectivity index (χ1) is 10.1. The molecule has 0 amide bonds. The zero-order valence-corrected chi connectivity index (χ0v) is 13.0. The molecular weight excluding hydrogens is 359 g/mol. The third-order valence-electron chi connectivity index (χ3n) is 3.18. The van der Waals surface area contributed by atoms with Gasteiger partial charge in [-0.05, 0) is 29.8 Å². The van der Waals surface area contributed by atoms with Crippen molar-refractivity contribution in [3.63, 3.8) is 0 Å². The number of alkyl halides is 1. The Balaban J connectivity index is 2.34. The Bertz CT molecular complexity index is 889. The molecule has 5 heteroatoms. The monoisotopic (exact) mass is 366 g/mol. The highest BCUT2D eigenvalue weighted by Crippen LogP contribution is 2.33. The van der Waals surface area contributed by atoms with E-state index < -0.39 is 11.4 Å². The minimum atomic E-state index is -0.468. The van der Waals surface area contributed by atoms with E-state index in [1.54, 1.807) is 12.1 Å². The van der Waals surface area contributed by atoms with Gasteiger partial charge < -0.3 is 4.42 Å². The molecule has 3 rings (SSSR count). The lowest BCUT2D eigenvalue weighted by molar-refractivity contribution is 0.561. The lowest BCUT2D eigenvalue weighted by Gasteiger charge is -2.08. The standard InChI is InChI=1S/C16H9BrClFO2/c17-8-9-1-3-12-13(7-16(20)21-15(12)5-9)11-4-2-10(19)6-14(11)18/h1-7H,8H2. The van der Waals surface area contributed by atoms with E-state index >= 15 is 0 Å². The fourth-order valence-electron chi connectivity index (χ4n) is 2.22. The first-order valence-corrected chi connectivity index (χ1v) is 7.66. The Hall–Kier alpha value is -1.65. The summed E-state index contributed by atoms with van der Waals surface area (Å²) in [4.78, 5) is 11.8. The van der Waals surface area contributed by atoms with Crippen molar-refractivity contribution in [3.8, 4) is 11.1 Å². The van der Waals surface area contributed by atoms with E-state index in [1.165, 1.54) is 18.2 Å². The highest BCUT2D eigenvalue weighted by atomic mass is 79.9. The molecule has 0 saturated carbocycles. The quantitative estimate of drug-likeness (QED) is 0.463. The van der Waals surface area contributed by atoms with Gasteiger partial charge in [0.05, 0.1) is 5.02 Å². The van der Waals surface area contributed by atoms with Crippen LogP contribution in [0.1, 0.15) is 5.56 Å². The first-order valence-electron chi connectivity index (χ1n) is 6.16. The maximum atomic E-state index is 13.2. The summed E-state index contributed by atoms with van der Waals surface area (Å²) in [6, 6.07) is 11.1. The normalized spacial score (nSPS) is 11.0. The molecule has 0 atom stereocenters. The van der Waals surface area contributed by atoms with E-state index in [0.717, 1.165) is 10.9 Å². The third kappa shape index (κ3) is 2.74. The Kier molecular flexibility index (Phi) is 3.83. The van der Waals surface area contributed by atoms with Crippen LogP contribution in [0.4, 0.5) is 4.39 Å². The molecule has 1 heterocycles. The van der Waals surface area contributed by atoms with Gasteiger partial charge in [-0.2, -0.15) is 0 Å². The Labute approximate surface area is 133 Å². The number of benzene rings is 2. The van der Waals surface area contributed by atoms with Gasteiger partial charge in [-0.25, -0.2) is 9.18 Å². The van der Waals surface area contributed by atoms with Crippen LogP contribution in [-0.4, -0.2) is 0 Å². The molecule has 0 saturated heterocycles. The molecule has 0 bridgehead atoms. The van der Waals surface area contributed by atoms with Crippen LogP contribution in [-0.2, 0) is 5.33 Å². The molecule has 0 N–H and O–H groups in total. The van der Waals surface area contributed by atoms with E-state index in [1.807, 2.05) is 12.1 Å². The lowest BCUT2D eigenvalue weighted by Crippen LogP contribution is -1.99. The molecule has 0 spiro atoms. The summed E-state index contributed by atoms with van der Waals surface area (Å²) in [6.07, 6.45) is 0. The molecule has 1 aromatic heterocycles. The average molecular weight is 368 g/mol. The molecule has 0 fully saturated rings. The van der Waals surface area contributed by atoms with E-state index in [0.29, 0.717) is 22.0 Å². The predicted molar refractivity (Wildman–Crippen MR) is 85.5 cm³/mol. The van der Waals surface area contributed by atoms with Crippen LogP contribution in [0.5, 0.6) is 0 Å². The molecule has 21 heavy (non-hydrogen) atoms. The van der Waals surface area contributed by atoms with Crippen molar-refractivity contribution in [2.45, 2.75) is 5.33 Å². The maximum Gasteiger partial charge on any atom is 0.336 e. The maximum absolute atomic E-state index is 13.2. The van der Waals surface area contributed by atoms with Crippen molar-refractivity contribution in [1.29, 1.82) is 0 Å². The molecule has 0 aliphatic rings. The van der Waals surface area contributed by atoms with Crippen molar-refractivity contribution in [2.24, 2.45) is 0 Å². The van der Waals surface area contributed by atoms with Gasteiger partial charge in [-0.1, -0.05) is 39.7 Å². The van der Waals surface area contributed by atoms with Crippen LogP contribution in [0.25, 0.3) is 22.1 Å². The van der Waals surface area contributed by atoms with Gasteiger partial charge in [0, 0.05) is 27.9 Å². The van der Waals surface area contributed by atoms with E-state index in [9.17, 15) is 9.18 Å². The second-order valence-corrected chi connectivity index (χ2v) is 5.54. The van der Waals surface area contributed by atoms with Gasteiger partial charge in [0.2, 0.25) is 0 Å². The molecular formula is C16H9BrClFO2. The van der Waals surface area contributed by atoms with Gasteiger partial charge in [-0.3, -0.25) is 0 Å². The molecule has 2 nitrogen and oxygen atoms in total. The van der Waals surface area contributed by atoms with Crippen molar-refractivity contribution >= 4 is 38.5 Å². The second-order valence-electron chi connectivity index (χ2n) is 4.57. The summed E-state index contributed by atoms with van der Waals surface area (Å²) in [6.45, 7) is 0. The van der Waals surface area contributed by atoms with Crippen molar-refractivity contribution in [1.82, 2.24) is 0 Å². The van der Waals surface area contributed by atoms with Crippen molar-refractivity contribution in [2.75, 3.05) is 0 Å². The van der Waals surface area contributed by atoms with Gasteiger partial charge in [0.15, 0.2) is 0 Å². The summed E-state index contributed by atoms with van der Waals surface area (Å²) in [5.41, 5.74) is 2.24. The Morgan fingerprint density at radius 2 is 1.90 bits per heavy atom. The number of hydrogen-bond donors (Lipinski definition) is 0. The molecule has 0 unspecified atom stereocenters. The summed E-state index contributed by atoms with van der Waals surface area (Å²) in [5.74, 6) is -0.419. The summed E-state index contributed by atoms with van der Waals surface area (Å²) in [7, 11) is 0. The zero-order valence-electron chi connectivity index (χ0n) is 10.7. The van der Waals surface area contributed by atoms with Crippen LogP contribution < -0.4 is 5.63 Å². The summed E-state index contributed by atoms with van der Waals surface area (Å²) < 4.78 is 18.4. The van der Waals surface area contributed by atoms with E-state index in [2.05, 4.69) is 15.9 Å². The minimum absolute atomic E-state index is 0.256. The number of fused-ring (bicyclic) bond motifs is 1. The van der Waals surface area contributed by atoms with Gasteiger partial charge in [0.25, 0.3) is 0 Å². The SMILES string of the molecule is O=c1cc(-c2ccc(F)cc2Cl)c2ccc(CBr)cc2o1. The topological polar surface area (TPSA) is 30.2 Å². The molecule has 106 valence electrons. The minimum Gasteiger partial charge on any atom is -0.423 e. The number of halogens is 3. The average Bonchev–Trinajstić information content (AvgIpc) is 2.45. The fraction of sp³-hybridized carbons (Fsp3) is 0.0625. The van der Waals surface area contributed by atoms with Crippen molar-refractivity contribution < 1.29 is 8.81 Å². The fourth-order valence-corrected chi connectivity index (χ4v) is 2.84. The van der Waals surface area contributed by atoms with E-state index in [4.69, 9.17) is 16.0 Å². The second kappa shape index (κ2) is 5.62. The highest BCUT2D eigenvalue weighted by molar-refractivity contribution is 9.08. The lowest BCUT2D eigenvalue weighted by atomic mass is 10.0. The molecule has 2 aromatic carbocycles. The predicted octanol–water partition coefficient (Wildman–Crippen LogP) is 5.15. The largest absolute Gasteiger partial charge is 0.423 e. The zero-order chi connectivity index (χ0) is 15.0. The number of rotatable bonds is 2. The smallest absolute Gasteiger partial charge is 0.336 e. The Morgan fingerprint density at radius 1 is 1.10 bits per heavy atom. The van der Waals surface area contributed by atoms with Crippen LogP contribution in [0, 0.1) is 5.82 Å². The van der Waals surface area contributed by atoms with Crippen LogP contribution in [0.3, 0.4) is 0 Å². The first kappa shape index (κ1) is 14.3. The highest BCUT2D eigenvalue weighted by Gasteiger charge is 2.12. The van der Waals surface area contributed by atoms with Crippen LogP contribution >= 0.6 is 27.5 Å². The summed E-state index contributed by atoms with van der Waals surface area (Å²) in [5, 5.41) is 1.67. The summed E-state index contributed by atoms with van der Waals surface area (Å²) >= 11 is 9.46. The third-order valence-corrected chi connectivity index (χ3v) is 4.14. The van der Waals surface area contributed by atoms with Gasteiger partial charge in [-0.15, -0.1) is 0 Å². The van der Waals surface area contributed by atoms with Crippen LogP contribution in [0.2, 0.25) is 5.02 Å². The van der Waals surface area contributed by atoms with Gasteiger partial charge in [0.1, 0.15) is 11.4 Å². The number of hydrogen-bond acceptors (Lipinski definition) is 2. The molecule has 0 aliphatic heterocycles. The van der Waals surface area contributed by atoms with Gasteiger partial charge >= 0.3 is 5.63 Å². The molecule has 0 radical (unpaired) electrons. The molecule has 3 aromatic rings. The molecule has 0 aliphatic carbocycles. The van der Waals surface area contributed by atoms with Crippen LogP contribution in [0.15, 0.2) is 51.7 Å².